The molecule has 1 aliphatic heterocycles. The van der Waals surface area contributed by atoms with Crippen LogP contribution >= 0.6 is 0 Å². The molecule has 6 nitrogen and oxygen atoms in total. The van der Waals surface area contributed by atoms with Gasteiger partial charge < -0.3 is 11.1 Å². The normalized spacial score (nSPS) is 15.1. The van der Waals surface area contributed by atoms with Crippen LogP contribution in [0.3, 0.4) is 0 Å². The van der Waals surface area contributed by atoms with Gasteiger partial charge in [0.1, 0.15) is 0 Å². The molecule has 0 aliphatic carbocycles. The van der Waals surface area contributed by atoms with Crippen molar-refractivity contribution in [1.82, 2.24) is 5.32 Å². The van der Waals surface area contributed by atoms with Crippen molar-refractivity contribution in [2.75, 3.05) is 19.3 Å². The number of hydrogen-bond donors (Lipinski definition) is 3. The second-order valence-electron chi connectivity index (χ2n) is 3.15. The number of nitrogens with two attached hydrogens (primary N) is 1. The van der Waals surface area contributed by atoms with Crippen LogP contribution in [0, 0.1) is 0 Å². The van der Waals surface area contributed by atoms with Gasteiger partial charge in [0.2, 0.25) is 5.91 Å². The van der Waals surface area contributed by atoms with Gasteiger partial charge in [0.15, 0.2) is 0 Å². The first-order valence-electron chi connectivity index (χ1n) is 4.62. The maximum atomic E-state index is 9.22. The molecule has 0 aromatic heterocycles. The van der Waals surface area contributed by atoms with E-state index in [0.29, 0.717) is 6.26 Å². The topological polar surface area (TPSA) is 109 Å². The van der Waals surface area contributed by atoms with Crippen LogP contribution in [0.15, 0.2) is 0 Å². The van der Waals surface area contributed by atoms with Crippen molar-refractivity contribution >= 4 is 16.0 Å². The third-order valence-electron chi connectivity index (χ3n) is 1.21. The predicted octanol–water partition coefficient (Wildman–Crippen LogP) is -0.244. The fourth-order valence-electron chi connectivity index (χ4n) is 0.802. The summed E-state index contributed by atoms with van der Waals surface area (Å²) in [5.41, 5.74) is 4.47. The van der Waals surface area contributed by atoms with Crippen molar-refractivity contribution in [3.05, 3.63) is 0 Å². The summed E-state index contributed by atoms with van der Waals surface area (Å²) in [5.74, 6) is -0.333. The van der Waals surface area contributed by atoms with Gasteiger partial charge in [-0.2, -0.15) is 8.42 Å². The summed E-state index contributed by atoms with van der Waals surface area (Å²) in [5, 5.41) is 3.28. The molecule has 0 radical (unpaired) electrons. The Morgan fingerprint density at radius 2 is 1.53 bits per heavy atom. The van der Waals surface area contributed by atoms with Crippen LogP contribution in [0.1, 0.15) is 26.2 Å². The largest absolute Gasteiger partial charge is 0.370 e. The van der Waals surface area contributed by atoms with Gasteiger partial charge in [-0.15, -0.1) is 0 Å². The van der Waals surface area contributed by atoms with E-state index in [0.717, 1.165) is 0 Å². The second-order valence-corrected chi connectivity index (χ2v) is 4.62. The molecule has 1 aliphatic rings. The molecule has 1 heterocycles. The lowest BCUT2D eigenvalue weighted by atomic mass is 10.2. The molecule has 0 saturated carbocycles. The molecule has 0 spiro atoms. The van der Waals surface area contributed by atoms with Gasteiger partial charge >= 0.3 is 0 Å². The lowest BCUT2D eigenvalue weighted by Gasteiger charge is -2.08. The van der Waals surface area contributed by atoms with Crippen molar-refractivity contribution in [3.63, 3.8) is 0 Å². The molecule has 1 fully saturated rings. The molecule has 92 valence electrons. The highest BCUT2D eigenvalue weighted by molar-refractivity contribution is 7.85. The van der Waals surface area contributed by atoms with Crippen LogP contribution in [0.4, 0.5) is 0 Å². The Morgan fingerprint density at radius 1 is 1.27 bits per heavy atom. The third-order valence-corrected chi connectivity index (χ3v) is 1.21. The van der Waals surface area contributed by atoms with Gasteiger partial charge in [0, 0.05) is 6.92 Å². The molecule has 7 heteroatoms. The molecule has 1 amide bonds. The molecular formula is C8H20N2O4S. The van der Waals surface area contributed by atoms with E-state index in [1.165, 1.54) is 39.3 Å². The first-order chi connectivity index (χ1) is 6.73. The number of primary amides is 1. The summed E-state index contributed by atoms with van der Waals surface area (Å²) in [6.07, 6.45) is 4.93. The quantitative estimate of drug-likeness (QED) is 0.506. The number of rotatable bonds is 0. The molecular weight excluding hydrogens is 220 g/mol. The number of piperidine rings is 1. The number of hydrogen-bond acceptors (Lipinski definition) is 4. The number of nitrogens with one attached hydrogen (secondary N) is 1. The fourth-order valence-corrected chi connectivity index (χ4v) is 0.802. The minimum atomic E-state index is -3.67. The predicted molar refractivity (Wildman–Crippen MR) is 59.1 cm³/mol. The Balaban J connectivity index is 0. The zero-order valence-corrected chi connectivity index (χ0v) is 10.0. The maximum Gasteiger partial charge on any atom is 0.261 e. The fraction of sp³-hybridized carbons (Fsp3) is 0.875. The average Bonchev–Trinajstić information content (AvgIpc) is 2.03. The highest BCUT2D eigenvalue weighted by Gasteiger charge is 1.93. The summed E-state index contributed by atoms with van der Waals surface area (Å²) < 4.78 is 25.9. The molecule has 1 saturated heterocycles. The Bertz CT molecular complexity index is 224. The summed E-state index contributed by atoms with van der Waals surface area (Å²) in [7, 11) is -3.67. The van der Waals surface area contributed by atoms with Crippen molar-refractivity contribution in [2.45, 2.75) is 26.2 Å². The maximum absolute atomic E-state index is 9.22. The van der Waals surface area contributed by atoms with E-state index in [2.05, 4.69) is 11.1 Å². The van der Waals surface area contributed by atoms with E-state index in [1.807, 2.05) is 0 Å². The van der Waals surface area contributed by atoms with Crippen LogP contribution in [0.25, 0.3) is 0 Å². The smallest absolute Gasteiger partial charge is 0.261 e. The standard InChI is InChI=1S/C5H11N.C2H5NO.CH4O3S/c1-2-4-6-5-3-1;1-2(3)4;1-5(2,3)4/h6H,1-5H2;1H3,(H2,3,4);1H3,(H,2,3,4). The molecule has 4 N–H and O–H groups in total. The number of carbonyl (C=O) groups is 1. The monoisotopic (exact) mass is 240 g/mol. The molecule has 0 atom stereocenters. The van der Waals surface area contributed by atoms with E-state index in [9.17, 15) is 13.2 Å². The second kappa shape index (κ2) is 9.88. The molecule has 0 aromatic carbocycles. The Morgan fingerprint density at radius 3 is 1.60 bits per heavy atom. The number of amides is 1. The van der Waals surface area contributed by atoms with Crippen LogP contribution in [-0.4, -0.2) is 38.2 Å². The number of carbonyl (C=O) groups excluding carboxylic acids is 1. The molecule has 0 bridgehead atoms. The lowest BCUT2D eigenvalue weighted by Crippen LogP contribution is -2.21. The zero-order valence-electron chi connectivity index (χ0n) is 9.19. The lowest BCUT2D eigenvalue weighted by molar-refractivity contribution is -0.115. The van der Waals surface area contributed by atoms with Gasteiger partial charge in [-0.1, -0.05) is 6.42 Å². The molecule has 0 aromatic rings. The average molecular weight is 240 g/mol. The minimum Gasteiger partial charge on any atom is -0.370 e. The molecule has 15 heavy (non-hydrogen) atoms. The van der Waals surface area contributed by atoms with Crippen molar-refractivity contribution in [2.24, 2.45) is 5.73 Å². The van der Waals surface area contributed by atoms with Crippen molar-refractivity contribution in [3.8, 4) is 0 Å². The highest BCUT2D eigenvalue weighted by atomic mass is 32.2. The van der Waals surface area contributed by atoms with Crippen LogP contribution in [0.5, 0.6) is 0 Å². The van der Waals surface area contributed by atoms with Gasteiger partial charge in [0.25, 0.3) is 10.1 Å². The SMILES string of the molecule is C1CCNCC1.CC(N)=O.CS(=O)(=O)O. The van der Waals surface area contributed by atoms with Gasteiger partial charge in [-0.25, -0.2) is 0 Å². The summed E-state index contributed by atoms with van der Waals surface area (Å²) in [4.78, 5) is 9.22. The Hall–Kier alpha value is -0.660. The van der Waals surface area contributed by atoms with Crippen LogP contribution in [0.2, 0.25) is 0 Å². The van der Waals surface area contributed by atoms with Crippen molar-refractivity contribution < 1.29 is 17.8 Å². The van der Waals surface area contributed by atoms with Gasteiger partial charge in [-0.05, 0) is 25.9 Å². The Kier molecular flexibility index (Phi) is 11.0. The zero-order chi connectivity index (χ0) is 12.3. The van der Waals surface area contributed by atoms with E-state index >= 15 is 0 Å². The first kappa shape index (κ1) is 16.8. The summed E-state index contributed by atoms with van der Waals surface area (Å²) in [6, 6.07) is 0. The molecule has 1 rings (SSSR count). The first-order valence-corrected chi connectivity index (χ1v) is 6.47. The third kappa shape index (κ3) is 60.2. The van der Waals surface area contributed by atoms with Crippen molar-refractivity contribution in [1.29, 1.82) is 0 Å². The summed E-state index contributed by atoms with van der Waals surface area (Å²) in [6.45, 7) is 3.81. The molecule has 0 unspecified atom stereocenters. The van der Waals surface area contributed by atoms with E-state index < -0.39 is 10.1 Å². The van der Waals surface area contributed by atoms with E-state index in [1.54, 1.807) is 0 Å². The minimum absolute atomic E-state index is 0.333. The highest BCUT2D eigenvalue weighted by Crippen LogP contribution is 1.96. The van der Waals surface area contributed by atoms with Crippen LogP contribution in [-0.2, 0) is 14.9 Å². The van der Waals surface area contributed by atoms with Gasteiger partial charge in [-0.3, -0.25) is 9.35 Å². The van der Waals surface area contributed by atoms with Crippen LogP contribution < -0.4 is 11.1 Å². The van der Waals surface area contributed by atoms with Gasteiger partial charge in [0.05, 0.1) is 6.26 Å². The van der Waals surface area contributed by atoms with E-state index in [4.69, 9.17) is 4.55 Å². The van der Waals surface area contributed by atoms with E-state index in [-0.39, 0.29) is 5.91 Å². The summed E-state index contributed by atoms with van der Waals surface area (Å²) >= 11 is 0. The Labute approximate surface area is 91.0 Å².